The molecule has 0 aliphatic carbocycles. The third-order valence-electron chi connectivity index (χ3n) is 4.97. The third kappa shape index (κ3) is 41.8. The molecule has 0 saturated carbocycles. The van der Waals surface area contributed by atoms with Crippen LogP contribution in [0.3, 0.4) is 0 Å². The first-order valence-electron chi connectivity index (χ1n) is 15.2. The van der Waals surface area contributed by atoms with E-state index in [0.29, 0.717) is 165 Å². The third-order valence-corrected chi connectivity index (χ3v) is 5.12. The second kappa shape index (κ2) is 40.8. The van der Waals surface area contributed by atoms with E-state index in [0.717, 1.165) is 0 Å². The summed E-state index contributed by atoms with van der Waals surface area (Å²) >= 11 is 3.80. The number of aliphatic hydroxyl groups is 2. The largest absolute Gasteiger partial charge is 0.394 e. The van der Waals surface area contributed by atoms with Gasteiger partial charge in [-0.2, -0.15) is 0 Å². The van der Waals surface area contributed by atoms with Crippen LogP contribution in [0.4, 0.5) is 0 Å². The fourth-order valence-corrected chi connectivity index (χ4v) is 3.00. The molecule has 16 heteroatoms. The average Bonchev–Trinajstić information content (AvgIpc) is 3.02. The Morgan fingerprint density at radius 3 is 0.614 bits per heavy atom. The molecule has 1 unspecified atom stereocenters. The van der Waals surface area contributed by atoms with E-state index < -0.39 is 5.44 Å². The zero-order valence-electron chi connectivity index (χ0n) is 26.3. The maximum absolute atomic E-state index is 8.92. The normalized spacial score (nSPS) is 12.3. The molecule has 0 aliphatic heterocycles. The van der Waals surface area contributed by atoms with Crippen LogP contribution >= 0.6 is 12.6 Å². The van der Waals surface area contributed by atoms with Gasteiger partial charge >= 0.3 is 0 Å². The molecule has 0 aromatic heterocycles. The summed E-state index contributed by atoms with van der Waals surface area (Å²) in [5, 5.41) is 17.5. The van der Waals surface area contributed by atoms with Crippen LogP contribution in [-0.4, -0.2) is 194 Å². The summed E-state index contributed by atoms with van der Waals surface area (Å²) in [4.78, 5) is 0. The van der Waals surface area contributed by atoms with E-state index in [1.165, 1.54) is 0 Å². The highest BCUT2D eigenvalue weighted by Gasteiger charge is 1.98. The Bertz CT molecular complexity index is 512. The molecule has 0 spiro atoms. The van der Waals surface area contributed by atoms with Crippen LogP contribution in [0.5, 0.6) is 0 Å². The summed E-state index contributed by atoms with van der Waals surface area (Å²) in [6.07, 6.45) is 0. The van der Waals surface area contributed by atoms with Gasteiger partial charge in [-0.05, 0) is 0 Å². The topological polar surface area (TPSA) is 160 Å². The fraction of sp³-hybridized carbons (Fsp3) is 1.00. The zero-order valence-corrected chi connectivity index (χ0v) is 27.2. The number of aliphatic hydroxyl groups excluding tert-OH is 2. The number of hydrogen-bond donors (Lipinski definition) is 3. The molecule has 0 aromatic rings. The molecule has 0 aliphatic rings. The van der Waals surface area contributed by atoms with Gasteiger partial charge in [0, 0.05) is 0 Å². The van der Waals surface area contributed by atoms with Gasteiger partial charge in [0.1, 0.15) is 5.44 Å². The molecule has 2 N–H and O–H groups in total. The number of hydrogen-bond acceptors (Lipinski definition) is 16. The fourth-order valence-electron chi connectivity index (χ4n) is 2.89. The lowest BCUT2D eigenvalue weighted by molar-refractivity contribution is -0.0295. The van der Waals surface area contributed by atoms with Gasteiger partial charge in [-0.3, -0.25) is 0 Å². The molecule has 0 radical (unpaired) electrons. The Hall–Kier alpha value is -0.250. The van der Waals surface area contributed by atoms with Crippen molar-refractivity contribution in [3.63, 3.8) is 0 Å². The van der Waals surface area contributed by atoms with Crippen molar-refractivity contribution in [2.45, 2.75) is 5.44 Å². The van der Waals surface area contributed by atoms with E-state index in [-0.39, 0.29) is 13.2 Å². The zero-order chi connectivity index (χ0) is 31.9. The van der Waals surface area contributed by atoms with Crippen LogP contribution in [0.2, 0.25) is 0 Å². The predicted molar refractivity (Wildman–Crippen MR) is 163 cm³/mol. The number of rotatable bonds is 40. The van der Waals surface area contributed by atoms with Crippen LogP contribution < -0.4 is 0 Å². The van der Waals surface area contributed by atoms with Gasteiger partial charge in [0.2, 0.25) is 0 Å². The highest BCUT2D eigenvalue weighted by Crippen LogP contribution is 1.90. The molecule has 0 aromatic carbocycles. The lowest BCUT2D eigenvalue weighted by Gasteiger charge is -2.09. The quantitative estimate of drug-likeness (QED) is 0.0434. The molecule has 0 bridgehead atoms. The molecule has 266 valence electrons. The molecule has 0 fully saturated rings. The van der Waals surface area contributed by atoms with Crippen LogP contribution in [-0.2, 0) is 61.6 Å². The lowest BCUT2D eigenvalue weighted by atomic mass is 10.6. The number of thiol groups is 1. The average molecular weight is 667 g/mol. The first-order chi connectivity index (χ1) is 21.8. The Morgan fingerprint density at radius 1 is 0.295 bits per heavy atom. The van der Waals surface area contributed by atoms with Crippen molar-refractivity contribution in [1.82, 2.24) is 0 Å². The molecule has 0 saturated heterocycles. The van der Waals surface area contributed by atoms with E-state index in [2.05, 4.69) is 12.6 Å². The monoisotopic (exact) mass is 666 g/mol. The van der Waals surface area contributed by atoms with Gasteiger partial charge in [0.05, 0.1) is 178 Å². The smallest absolute Gasteiger partial charge is 0.120 e. The molecule has 1 atom stereocenters. The van der Waals surface area contributed by atoms with Gasteiger partial charge in [-0.25, -0.2) is 0 Å². The maximum atomic E-state index is 8.92. The SMILES string of the molecule is OCCOCCOCCOCCOCCOCCOCCOCCOCCOCCOCCOCCOCCOCC(O)S. The van der Waals surface area contributed by atoms with Crippen molar-refractivity contribution in [2.24, 2.45) is 0 Å². The van der Waals surface area contributed by atoms with Gasteiger partial charge in [0.25, 0.3) is 0 Å². The van der Waals surface area contributed by atoms with Crippen molar-refractivity contribution in [2.75, 3.05) is 178 Å². The van der Waals surface area contributed by atoms with Gasteiger partial charge < -0.3 is 71.8 Å². The summed E-state index contributed by atoms with van der Waals surface area (Å²) in [5.74, 6) is 0. The summed E-state index contributed by atoms with van der Waals surface area (Å²) in [7, 11) is 0. The molecular formula is C28H58O15S. The minimum absolute atomic E-state index is 0.0225. The molecule has 44 heavy (non-hydrogen) atoms. The van der Waals surface area contributed by atoms with Crippen molar-refractivity contribution in [3.8, 4) is 0 Å². The first-order valence-corrected chi connectivity index (χ1v) is 15.8. The standard InChI is InChI=1S/C28H58O15S/c29-1-2-31-3-4-32-5-6-33-7-8-34-9-10-35-11-12-36-13-14-37-15-16-38-17-18-39-19-20-40-21-22-41-23-24-42-25-26-43-27-28(30)44/h28-30,44H,1-27H2. The Labute approximate surface area is 268 Å². The molecule has 0 heterocycles. The van der Waals surface area contributed by atoms with E-state index in [9.17, 15) is 0 Å². The highest BCUT2D eigenvalue weighted by molar-refractivity contribution is 7.80. The number of ether oxygens (including phenoxy) is 13. The Kier molecular flexibility index (Phi) is 40.5. The summed E-state index contributed by atoms with van der Waals surface area (Å²) in [6.45, 7) is 12.3. The second-order valence-electron chi connectivity index (χ2n) is 8.63. The van der Waals surface area contributed by atoms with Crippen molar-refractivity contribution >= 4 is 12.6 Å². The highest BCUT2D eigenvalue weighted by atomic mass is 32.1. The molecule has 0 rings (SSSR count). The minimum Gasteiger partial charge on any atom is -0.394 e. The van der Waals surface area contributed by atoms with Crippen molar-refractivity contribution in [1.29, 1.82) is 0 Å². The second-order valence-corrected chi connectivity index (χ2v) is 9.22. The summed E-state index contributed by atoms with van der Waals surface area (Å²) < 4.78 is 69.8. The van der Waals surface area contributed by atoms with E-state index >= 15 is 0 Å². The minimum atomic E-state index is -0.761. The maximum Gasteiger partial charge on any atom is 0.120 e. The van der Waals surface area contributed by atoms with E-state index in [1.54, 1.807) is 0 Å². The van der Waals surface area contributed by atoms with Crippen molar-refractivity contribution < 1.29 is 71.8 Å². The van der Waals surface area contributed by atoms with Crippen LogP contribution in [0.15, 0.2) is 0 Å². The van der Waals surface area contributed by atoms with Crippen LogP contribution in [0.25, 0.3) is 0 Å². The molecule has 0 amide bonds. The van der Waals surface area contributed by atoms with Crippen LogP contribution in [0, 0.1) is 0 Å². The van der Waals surface area contributed by atoms with Crippen LogP contribution in [0.1, 0.15) is 0 Å². The van der Waals surface area contributed by atoms with Gasteiger partial charge in [0.15, 0.2) is 0 Å². The summed E-state index contributed by atoms with van der Waals surface area (Å²) in [6, 6.07) is 0. The molecular weight excluding hydrogens is 608 g/mol. The predicted octanol–water partition coefficient (Wildman–Crippen LogP) is -0.557. The van der Waals surface area contributed by atoms with Gasteiger partial charge in [-0.15, -0.1) is 12.6 Å². The summed E-state index contributed by atoms with van der Waals surface area (Å²) in [5.41, 5.74) is -0.761. The van der Waals surface area contributed by atoms with Gasteiger partial charge in [-0.1, -0.05) is 0 Å². The van der Waals surface area contributed by atoms with E-state index in [4.69, 9.17) is 71.8 Å². The van der Waals surface area contributed by atoms with E-state index in [1.807, 2.05) is 0 Å². The lowest BCUT2D eigenvalue weighted by Crippen LogP contribution is -2.16. The first kappa shape index (κ1) is 43.8. The molecule has 15 nitrogen and oxygen atoms in total. The Balaban J connectivity index is 3.03. The Morgan fingerprint density at radius 2 is 0.455 bits per heavy atom. The van der Waals surface area contributed by atoms with Crippen molar-refractivity contribution in [3.05, 3.63) is 0 Å².